The van der Waals surface area contributed by atoms with Crippen molar-refractivity contribution in [1.29, 1.82) is 0 Å². The molecular formula is C18H17NO6S2-2. The van der Waals surface area contributed by atoms with Crippen LogP contribution in [0.1, 0.15) is 31.2 Å². The van der Waals surface area contributed by atoms with Gasteiger partial charge in [-0.05, 0) is 31.4 Å². The van der Waals surface area contributed by atoms with E-state index in [0.29, 0.717) is 46.3 Å². The van der Waals surface area contributed by atoms with Crippen LogP contribution in [0.5, 0.6) is 5.75 Å². The predicted molar refractivity (Wildman–Crippen MR) is 100 cm³/mol. The van der Waals surface area contributed by atoms with Crippen molar-refractivity contribution < 1.29 is 29.3 Å². The fraction of sp³-hybridized carbons (Fsp3) is 0.333. The molecule has 0 aliphatic carbocycles. The van der Waals surface area contributed by atoms with E-state index in [-0.39, 0.29) is 12.3 Å². The number of carbonyl (C=O) groups is 3. The van der Waals surface area contributed by atoms with E-state index in [9.17, 15) is 24.6 Å². The minimum Gasteiger partial charge on any atom is -0.550 e. The van der Waals surface area contributed by atoms with Gasteiger partial charge in [0, 0.05) is 18.1 Å². The molecular weight excluding hydrogens is 390 g/mol. The molecule has 1 fully saturated rings. The number of ether oxygens (including phenoxy) is 1. The zero-order chi connectivity index (χ0) is 19.8. The Morgan fingerprint density at radius 3 is 2.59 bits per heavy atom. The molecule has 27 heavy (non-hydrogen) atoms. The lowest BCUT2D eigenvalue weighted by molar-refractivity contribution is -0.308. The van der Waals surface area contributed by atoms with Crippen LogP contribution in [0, 0.1) is 0 Å². The molecule has 1 saturated heterocycles. The summed E-state index contributed by atoms with van der Waals surface area (Å²) in [5.74, 6) is -2.33. The fourth-order valence-corrected chi connectivity index (χ4v) is 3.72. The predicted octanol–water partition coefficient (Wildman–Crippen LogP) is 0.327. The minimum absolute atomic E-state index is 0.000935. The molecule has 2 rings (SSSR count). The van der Waals surface area contributed by atoms with E-state index in [1.807, 2.05) is 0 Å². The van der Waals surface area contributed by atoms with Gasteiger partial charge in [0.05, 0.1) is 10.9 Å². The monoisotopic (exact) mass is 407 g/mol. The standard InChI is InChI=1S/C18H19NO6S2/c20-15(21)8-2-1-5-9-19-17(24)14(27-18(19)26)10-12-6-3-4-7-13(12)25-11-16(22)23/h3-4,6-7,10H,1-2,5,8-9,11H2,(H,20,21)(H,22,23)/p-2/b14-10+. The summed E-state index contributed by atoms with van der Waals surface area (Å²) in [6, 6.07) is 6.75. The highest BCUT2D eigenvalue weighted by Crippen LogP contribution is 2.34. The Bertz CT molecular complexity index is 777. The molecule has 1 aliphatic rings. The number of carbonyl (C=O) groups excluding carboxylic acids is 3. The highest BCUT2D eigenvalue weighted by atomic mass is 32.2. The van der Waals surface area contributed by atoms with E-state index in [1.54, 1.807) is 30.3 Å². The average Bonchev–Trinajstić information content (AvgIpc) is 2.87. The van der Waals surface area contributed by atoms with Gasteiger partial charge in [-0.25, -0.2) is 0 Å². The van der Waals surface area contributed by atoms with Crippen molar-refractivity contribution in [3.63, 3.8) is 0 Å². The fourth-order valence-electron chi connectivity index (χ4n) is 2.42. The Morgan fingerprint density at radius 2 is 1.89 bits per heavy atom. The van der Waals surface area contributed by atoms with Crippen LogP contribution in [0.4, 0.5) is 0 Å². The zero-order valence-electron chi connectivity index (χ0n) is 14.3. The van der Waals surface area contributed by atoms with Crippen molar-refractivity contribution in [2.75, 3.05) is 13.2 Å². The van der Waals surface area contributed by atoms with Gasteiger partial charge in [-0.1, -0.05) is 48.6 Å². The molecule has 1 aliphatic heterocycles. The van der Waals surface area contributed by atoms with Gasteiger partial charge < -0.3 is 24.5 Å². The number of unbranched alkanes of at least 4 members (excludes halogenated alkanes) is 2. The van der Waals surface area contributed by atoms with E-state index in [0.717, 1.165) is 11.8 Å². The second-order valence-electron chi connectivity index (χ2n) is 5.71. The number of aliphatic carboxylic acids is 2. The number of thiocarbonyl (C=S) groups is 1. The van der Waals surface area contributed by atoms with E-state index in [2.05, 4.69) is 0 Å². The Labute approximate surface area is 166 Å². The molecule has 0 saturated carbocycles. The van der Waals surface area contributed by atoms with Gasteiger partial charge >= 0.3 is 0 Å². The molecule has 0 spiro atoms. The Morgan fingerprint density at radius 1 is 1.15 bits per heavy atom. The molecule has 0 bridgehead atoms. The molecule has 144 valence electrons. The topological polar surface area (TPSA) is 110 Å². The van der Waals surface area contributed by atoms with Crippen molar-refractivity contribution >= 4 is 52.2 Å². The van der Waals surface area contributed by atoms with E-state index in [4.69, 9.17) is 17.0 Å². The highest BCUT2D eigenvalue weighted by molar-refractivity contribution is 8.26. The summed E-state index contributed by atoms with van der Waals surface area (Å²) < 4.78 is 5.61. The number of nitrogens with zero attached hydrogens (tertiary/aromatic N) is 1. The van der Waals surface area contributed by atoms with Gasteiger partial charge in [0.25, 0.3) is 5.91 Å². The van der Waals surface area contributed by atoms with Gasteiger partial charge in [0.2, 0.25) is 0 Å². The lowest BCUT2D eigenvalue weighted by atomic mass is 10.1. The van der Waals surface area contributed by atoms with E-state index < -0.39 is 18.5 Å². The van der Waals surface area contributed by atoms with Gasteiger partial charge in [-0.15, -0.1) is 0 Å². The van der Waals surface area contributed by atoms with Gasteiger partial charge in [0.1, 0.15) is 16.7 Å². The molecule has 1 aromatic rings. The van der Waals surface area contributed by atoms with Crippen molar-refractivity contribution in [3.05, 3.63) is 34.7 Å². The van der Waals surface area contributed by atoms with Crippen molar-refractivity contribution in [1.82, 2.24) is 4.90 Å². The normalized spacial score (nSPS) is 15.4. The van der Waals surface area contributed by atoms with Gasteiger partial charge in [0.15, 0.2) is 0 Å². The van der Waals surface area contributed by atoms with Crippen LogP contribution in [-0.4, -0.2) is 40.2 Å². The van der Waals surface area contributed by atoms with Crippen LogP contribution in [0.15, 0.2) is 29.2 Å². The third-order valence-electron chi connectivity index (χ3n) is 3.69. The second-order valence-corrected chi connectivity index (χ2v) is 7.39. The van der Waals surface area contributed by atoms with Crippen LogP contribution >= 0.6 is 24.0 Å². The van der Waals surface area contributed by atoms with E-state index >= 15 is 0 Å². The maximum absolute atomic E-state index is 12.6. The number of hydrogen-bond acceptors (Lipinski definition) is 8. The van der Waals surface area contributed by atoms with Crippen molar-refractivity contribution in [3.8, 4) is 5.75 Å². The van der Waals surface area contributed by atoms with Crippen molar-refractivity contribution in [2.45, 2.75) is 25.7 Å². The third kappa shape index (κ3) is 6.37. The van der Waals surface area contributed by atoms with Crippen LogP contribution in [-0.2, 0) is 14.4 Å². The number of para-hydroxylation sites is 1. The molecule has 0 atom stereocenters. The summed E-state index contributed by atoms with van der Waals surface area (Å²) in [5, 5.41) is 21.0. The zero-order valence-corrected chi connectivity index (χ0v) is 16.0. The number of hydrogen-bond donors (Lipinski definition) is 0. The lowest BCUT2D eigenvalue weighted by Gasteiger charge is -2.14. The first-order valence-electron chi connectivity index (χ1n) is 8.25. The summed E-state index contributed by atoms with van der Waals surface area (Å²) in [6.45, 7) is -0.171. The summed E-state index contributed by atoms with van der Waals surface area (Å²) in [7, 11) is 0. The first-order valence-corrected chi connectivity index (χ1v) is 9.48. The highest BCUT2D eigenvalue weighted by Gasteiger charge is 2.31. The number of carboxylic acids is 2. The largest absolute Gasteiger partial charge is 0.550 e. The summed E-state index contributed by atoms with van der Waals surface area (Å²) >= 11 is 6.41. The average molecular weight is 407 g/mol. The molecule has 0 radical (unpaired) electrons. The maximum atomic E-state index is 12.6. The quantitative estimate of drug-likeness (QED) is 0.310. The molecule has 0 aromatic heterocycles. The summed E-state index contributed by atoms with van der Waals surface area (Å²) in [4.78, 5) is 35.4. The number of amides is 1. The Balaban J connectivity index is 2.01. The first-order chi connectivity index (χ1) is 12.9. The lowest BCUT2D eigenvalue weighted by Crippen LogP contribution is -2.29. The minimum atomic E-state index is -1.34. The van der Waals surface area contributed by atoms with Crippen LogP contribution < -0.4 is 14.9 Å². The molecule has 1 aromatic carbocycles. The summed E-state index contributed by atoms with van der Waals surface area (Å²) in [5.41, 5.74) is 0.563. The third-order valence-corrected chi connectivity index (χ3v) is 5.07. The molecule has 0 N–H and O–H groups in total. The van der Waals surface area contributed by atoms with Gasteiger partial charge in [-0.3, -0.25) is 9.69 Å². The Kier molecular flexibility index (Phi) is 7.81. The SMILES string of the molecule is O=C([O-])CCCCCN1C(=O)/C(=C\c2ccccc2OCC(=O)[O-])SC1=S. The number of thioether (sulfide) groups is 1. The maximum Gasteiger partial charge on any atom is 0.266 e. The number of carboxylic acid groups (broad SMARTS) is 2. The molecule has 0 unspecified atom stereocenters. The number of rotatable bonds is 10. The molecule has 9 heteroatoms. The van der Waals surface area contributed by atoms with Crippen LogP contribution in [0.25, 0.3) is 6.08 Å². The second kappa shape index (κ2) is 10.1. The van der Waals surface area contributed by atoms with Crippen LogP contribution in [0.3, 0.4) is 0 Å². The molecule has 1 amide bonds. The molecule has 1 heterocycles. The van der Waals surface area contributed by atoms with Crippen molar-refractivity contribution in [2.24, 2.45) is 0 Å². The van der Waals surface area contributed by atoms with Gasteiger partial charge in [-0.2, -0.15) is 0 Å². The Hall–Kier alpha value is -2.39. The number of benzene rings is 1. The smallest absolute Gasteiger partial charge is 0.266 e. The summed E-state index contributed by atoms with van der Waals surface area (Å²) in [6.07, 6.45) is 3.40. The van der Waals surface area contributed by atoms with E-state index in [1.165, 1.54) is 4.90 Å². The first kappa shape index (κ1) is 20.9. The molecule has 7 nitrogen and oxygen atoms in total. The van der Waals surface area contributed by atoms with Crippen LogP contribution in [0.2, 0.25) is 0 Å².